The molecule has 1 heterocycles. The highest BCUT2D eigenvalue weighted by Crippen LogP contribution is 2.23. The summed E-state index contributed by atoms with van der Waals surface area (Å²) >= 11 is 6.13. The van der Waals surface area contributed by atoms with Crippen LogP contribution >= 0.6 is 11.6 Å². The van der Waals surface area contributed by atoms with Gasteiger partial charge in [0.05, 0.1) is 18.0 Å². The predicted molar refractivity (Wildman–Crippen MR) is 123 cm³/mol. The lowest BCUT2D eigenvalue weighted by Crippen LogP contribution is -2.34. The summed E-state index contributed by atoms with van der Waals surface area (Å²) in [6, 6.07) is 21.3. The SMILES string of the molecule is COc1cccc(-c2nc3ccccc3c(=O)n2NC(=O)/C=C/c2ccccc2Cl)c1. The molecule has 1 amide bonds. The number of nitrogens with one attached hydrogen (secondary N) is 1. The Hall–Kier alpha value is -3.90. The van der Waals surface area contributed by atoms with Gasteiger partial charge in [0.2, 0.25) is 0 Å². The van der Waals surface area contributed by atoms with E-state index in [1.165, 1.54) is 6.08 Å². The molecule has 7 heteroatoms. The van der Waals surface area contributed by atoms with Crippen LogP contribution in [0.3, 0.4) is 0 Å². The van der Waals surface area contributed by atoms with Crippen LogP contribution in [0.25, 0.3) is 28.4 Å². The van der Waals surface area contributed by atoms with E-state index in [9.17, 15) is 9.59 Å². The van der Waals surface area contributed by atoms with Gasteiger partial charge in [-0.1, -0.05) is 54.1 Å². The van der Waals surface area contributed by atoms with Crippen molar-refractivity contribution in [3.05, 3.63) is 99.8 Å². The third kappa shape index (κ3) is 4.34. The van der Waals surface area contributed by atoms with E-state index in [0.717, 1.165) is 4.68 Å². The van der Waals surface area contributed by atoms with Crippen molar-refractivity contribution in [1.29, 1.82) is 0 Å². The normalized spacial score (nSPS) is 11.0. The molecule has 0 aliphatic heterocycles. The number of hydrogen-bond donors (Lipinski definition) is 1. The Morgan fingerprint density at radius 2 is 1.84 bits per heavy atom. The van der Waals surface area contributed by atoms with Gasteiger partial charge >= 0.3 is 0 Å². The van der Waals surface area contributed by atoms with E-state index < -0.39 is 5.91 Å². The van der Waals surface area contributed by atoms with E-state index in [1.807, 2.05) is 6.07 Å². The van der Waals surface area contributed by atoms with Crippen LogP contribution in [-0.2, 0) is 4.79 Å². The molecule has 0 unspecified atom stereocenters. The van der Waals surface area contributed by atoms with Gasteiger partial charge in [0.15, 0.2) is 5.82 Å². The summed E-state index contributed by atoms with van der Waals surface area (Å²) < 4.78 is 6.44. The van der Waals surface area contributed by atoms with Crippen molar-refractivity contribution in [1.82, 2.24) is 9.66 Å². The molecule has 0 spiro atoms. The molecular formula is C24H18ClN3O3. The number of methoxy groups -OCH3 is 1. The van der Waals surface area contributed by atoms with E-state index in [1.54, 1.807) is 79.9 Å². The molecule has 31 heavy (non-hydrogen) atoms. The number of para-hydroxylation sites is 1. The summed E-state index contributed by atoms with van der Waals surface area (Å²) in [5.41, 5.74) is 4.09. The van der Waals surface area contributed by atoms with E-state index in [-0.39, 0.29) is 5.56 Å². The first kappa shape index (κ1) is 20.4. The van der Waals surface area contributed by atoms with Crippen molar-refractivity contribution in [2.24, 2.45) is 0 Å². The van der Waals surface area contributed by atoms with Crippen LogP contribution in [0.4, 0.5) is 0 Å². The second kappa shape index (κ2) is 8.85. The van der Waals surface area contributed by atoms with Gasteiger partial charge in [-0.15, -0.1) is 0 Å². The number of carbonyl (C=O) groups excluding carboxylic acids is 1. The Labute approximate surface area is 183 Å². The lowest BCUT2D eigenvalue weighted by Gasteiger charge is -2.14. The molecule has 4 rings (SSSR count). The van der Waals surface area contributed by atoms with Crippen molar-refractivity contribution in [2.45, 2.75) is 0 Å². The van der Waals surface area contributed by atoms with Crippen molar-refractivity contribution in [3.63, 3.8) is 0 Å². The third-order valence-corrected chi connectivity index (χ3v) is 4.99. The maximum absolute atomic E-state index is 13.2. The summed E-state index contributed by atoms with van der Waals surface area (Å²) in [4.78, 5) is 30.4. The van der Waals surface area contributed by atoms with E-state index in [0.29, 0.717) is 38.6 Å². The number of ether oxygens (including phenoxy) is 1. The average molecular weight is 432 g/mol. The van der Waals surface area contributed by atoms with Crippen molar-refractivity contribution >= 4 is 34.5 Å². The van der Waals surface area contributed by atoms with Crippen LogP contribution < -0.4 is 15.7 Å². The second-order valence-electron chi connectivity index (χ2n) is 6.66. The number of aromatic nitrogens is 2. The lowest BCUT2D eigenvalue weighted by molar-refractivity contribution is -0.112. The largest absolute Gasteiger partial charge is 0.497 e. The number of halogens is 1. The van der Waals surface area contributed by atoms with Gasteiger partial charge < -0.3 is 4.74 Å². The molecule has 1 aromatic heterocycles. The first-order valence-electron chi connectivity index (χ1n) is 9.46. The van der Waals surface area contributed by atoms with Crippen molar-refractivity contribution < 1.29 is 9.53 Å². The highest BCUT2D eigenvalue weighted by Gasteiger charge is 2.15. The summed E-state index contributed by atoms with van der Waals surface area (Å²) in [6.07, 6.45) is 2.90. The molecule has 0 radical (unpaired) electrons. The second-order valence-corrected chi connectivity index (χ2v) is 7.06. The third-order valence-electron chi connectivity index (χ3n) is 4.65. The van der Waals surface area contributed by atoms with Gasteiger partial charge in [-0.05, 0) is 42.0 Å². The van der Waals surface area contributed by atoms with Crippen LogP contribution in [-0.4, -0.2) is 22.7 Å². The quantitative estimate of drug-likeness (QED) is 0.472. The zero-order valence-electron chi connectivity index (χ0n) is 16.6. The maximum Gasteiger partial charge on any atom is 0.280 e. The molecular weight excluding hydrogens is 414 g/mol. The average Bonchev–Trinajstić information content (AvgIpc) is 2.80. The Kier molecular flexibility index (Phi) is 5.82. The molecule has 0 saturated carbocycles. The minimum atomic E-state index is -0.497. The minimum Gasteiger partial charge on any atom is -0.497 e. The molecule has 1 N–H and O–H groups in total. The first-order valence-corrected chi connectivity index (χ1v) is 9.84. The number of fused-ring (bicyclic) bond motifs is 1. The fourth-order valence-electron chi connectivity index (χ4n) is 3.12. The van der Waals surface area contributed by atoms with Crippen molar-refractivity contribution in [2.75, 3.05) is 12.5 Å². The van der Waals surface area contributed by atoms with Gasteiger partial charge in [-0.25, -0.2) is 4.98 Å². The summed E-state index contributed by atoms with van der Waals surface area (Å²) in [5, 5.41) is 0.915. The number of carbonyl (C=O) groups is 1. The topological polar surface area (TPSA) is 73.2 Å². The molecule has 3 aromatic carbocycles. The zero-order chi connectivity index (χ0) is 21.8. The van der Waals surface area contributed by atoms with Crippen LogP contribution in [0, 0.1) is 0 Å². The van der Waals surface area contributed by atoms with Crippen LogP contribution in [0.1, 0.15) is 5.56 Å². The molecule has 0 fully saturated rings. The monoisotopic (exact) mass is 431 g/mol. The molecule has 0 bridgehead atoms. The van der Waals surface area contributed by atoms with Crippen molar-refractivity contribution in [3.8, 4) is 17.1 Å². The van der Waals surface area contributed by atoms with E-state index in [4.69, 9.17) is 16.3 Å². The molecule has 154 valence electrons. The standard InChI is InChI=1S/C24H18ClN3O3/c1-31-18-9-6-8-17(15-18)23-26-21-12-5-3-10-19(21)24(30)28(23)27-22(29)14-13-16-7-2-4-11-20(16)25/h2-15H,1H3,(H,27,29)/b14-13+. The Bertz CT molecular complexity index is 1360. The van der Waals surface area contributed by atoms with Crippen LogP contribution in [0.2, 0.25) is 5.02 Å². The Morgan fingerprint density at radius 3 is 2.65 bits per heavy atom. The summed E-state index contributed by atoms with van der Waals surface area (Å²) in [5.74, 6) is 0.404. The smallest absolute Gasteiger partial charge is 0.280 e. The van der Waals surface area contributed by atoms with Gasteiger partial charge in [-0.3, -0.25) is 15.0 Å². The molecule has 0 saturated heterocycles. The van der Waals surface area contributed by atoms with Crippen LogP contribution in [0.15, 0.2) is 83.7 Å². The summed E-state index contributed by atoms with van der Waals surface area (Å²) in [6.45, 7) is 0. The zero-order valence-corrected chi connectivity index (χ0v) is 17.3. The van der Waals surface area contributed by atoms with Crippen LogP contribution in [0.5, 0.6) is 5.75 Å². The number of amides is 1. The highest BCUT2D eigenvalue weighted by molar-refractivity contribution is 6.32. The van der Waals surface area contributed by atoms with Gasteiger partial charge in [0.1, 0.15) is 5.75 Å². The Morgan fingerprint density at radius 1 is 1.06 bits per heavy atom. The number of rotatable bonds is 5. The number of benzene rings is 3. The lowest BCUT2D eigenvalue weighted by atomic mass is 10.2. The van der Waals surface area contributed by atoms with Gasteiger partial charge in [0, 0.05) is 16.7 Å². The van der Waals surface area contributed by atoms with E-state index >= 15 is 0 Å². The highest BCUT2D eigenvalue weighted by atomic mass is 35.5. The number of hydrogen-bond acceptors (Lipinski definition) is 4. The maximum atomic E-state index is 13.2. The summed E-state index contributed by atoms with van der Waals surface area (Å²) in [7, 11) is 1.56. The fourth-order valence-corrected chi connectivity index (χ4v) is 3.31. The van der Waals surface area contributed by atoms with Gasteiger partial charge in [-0.2, -0.15) is 4.68 Å². The molecule has 6 nitrogen and oxygen atoms in total. The molecule has 4 aromatic rings. The fraction of sp³-hybridized carbons (Fsp3) is 0.0417. The molecule has 0 aliphatic carbocycles. The van der Waals surface area contributed by atoms with Gasteiger partial charge in [0.25, 0.3) is 11.5 Å². The molecule has 0 aliphatic rings. The minimum absolute atomic E-state index is 0.294. The van der Waals surface area contributed by atoms with E-state index in [2.05, 4.69) is 10.4 Å². The predicted octanol–water partition coefficient (Wildman–Crippen LogP) is 4.51. The Balaban J connectivity index is 1.78. The first-order chi connectivity index (χ1) is 15.1. The molecule has 0 atom stereocenters. The number of nitrogens with zero attached hydrogens (tertiary/aromatic N) is 2.